The highest BCUT2D eigenvalue weighted by Gasteiger charge is 2.15. The van der Waals surface area contributed by atoms with Crippen molar-refractivity contribution in [2.75, 3.05) is 6.61 Å². The van der Waals surface area contributed by atoms with E-state index in [1.54, 1.807) is 53.2 Å². The van der Waals surface area contributed by atoms with Gasteiger partial charge in [-0.2, -0.15) is 5.10 Å². The molecule has 0 amide bonds. The third-order valence-corrected chi connectivity index (χ3v) is 6.09. The molecule has 0 saturated carbocycles. The van der Waals surface area contributed by atoms with Crippen LogP contribution in [-0.2, 0) is 11.2 Å². The lowest BCUT2D eigenvalue weighted by Gasteiger charge is -2.08. The Hall–Kier alpha value is -3.78. The predicted octanol–water partition coefficient (Wildman–Crippen LogP) is 7.01. The molecular formula is C29H30ClFN4O3. The van der Waals surface area contributed by atoms with Gasteiger partial charge in [0.2, 0.25) is 0 Å². The molecule has 0 N–H and O–H groups in total. The third-order valence-electron chi connectivity index (χ3n) is 5.89. The van der Waals surface area contributed by atoms with Crippen LogP contribution in [0, 0.1) is 5.82 Å². The molecule has 38 heavy (non-hydrogen) atoms. The predicted molar refractivity (Wildman–Crippen MR) is 144 cm³/mol. The Labute approximate surface area is 226 Å². The van der Waals surface area contributed by atoms with Crippen molar-refractivity contribution < 1.29 is 18.7 Å². The molecule has 0 radical (unpaired) electrons. The molecule has 0 aliphatic rings. The van der Waals surface area contributed by atoms with E-state index in [0.29, 0.717) is 36.0 Å². The molecule has 0 bridgehead atoms. The Kier molecular flexibility index (Phi) is 9.81. The van der Waals surface area contributed by atoms with Crippen molar-refractivity contribution in [1.29, 1.82) is 0 Å². The number of carbonyl (C=O) groups is 1. The van der Waals surface area contributed by atoms with Crippen LogP contribution in [0.4, 0.5) is 4.39 Å². The van der Waals surface area contributed by atoms with E-state index >= 15 is 0 Å². The Morgan fingerprint density at radius 1 is 0.921 bits per heavy atom. The summed E-state index contributed by atoms with van der Waals surface area (Å²) < 4.78 is 26.3. The molecule has 2 heterocycles. The van der Waals surface area contributed by atoms with E-state index in [4.69, 9.17) is 21.1 Å². The molecule has 0 unspecified atom stereocenters. The lowest BCUT2D eigenvalue weighted by atomic mass is 10.1. The van der Waals surface area contributed by atoms with Crippen molar-refractivity contribution in [3.05, 3.63) is 83.4 Å². The summed E-state index contributed by atoms with van der Waals surface area (Å²) in [6, 6.07) is 18.3. The fourth-order valence-corrected chi connectivity index (χ4v) is 3.99. The number of unbranched alkanes of at least 4 members (excludes halogenated alkanes) is 4. The number of carbonyl (C=O) groups excluding carboxylic acids is 1. The van der Waals surface area contributed by atoms with E-state index in [2.05, 4.69) is 22.2 Å². The van der Waals surface area contributed by atoms with Gasteiger partial charge in [-0.25, -0.2) is 9.07 Å². The summed E-state index contributed by atoms with van der Waals surface area (Å²) in [4.78, 5) is 12.5. The number of hydrogen-bond acceptors (Lipinski definition) is 6. The third kappa shape index (κ3) is 7.86. The van der Waals surface area contributed by atoms with Crippen molar-refractivity contribution in [2.45, 2.75) is 51.9 Å². The van der Waals surface area contributed by atoms with Crippen molar-refractivity contribution in [3.8, 4) is 28.6 Å². The Bertz CT molecular complexity index is 1250. The number of rotatable bonds is 13. The minimum absolute atomic E-state index is 0.127. The van der Waals surface area contributed by atoms with Crippen LogP contribution in [0.1, 0.15) is 51.1 Å². The van der Waals surface area contributed by atoms with Crippen molar-refractivity contribution in [2.24, 2.45) is 0 Å². The lowest BCUT2D eigenvalue weighted by Crippen LogP contribution is -2.09. The molecule has 4 aromatic rings. The van der Waals surface area contributed by atoms with Crippen LogP contribution in [-0.4, -0.2) is 32.6 Å². The van der Waals surface area contributed by atoms with E-state index in [1.807, 2.05) is 6.07 Å². The number of halogens is 2. The van der Waals surface area contributed by atoms with Gasteiger partial charge in [0.05, 0.1) is 24.4 Å². The van der Waals surface area contributed by atoms with E-state index in [0.717, 1.165) is 17.7 Å². The molecule has 0 saturated heterocycles. The molecule has 0 aliphatic carbocycles. The fourth-order valence-electron chi connectivity index (χ4n) is 3.89. The monoisotopic (exact) mass is 536 g/mol. The molecule has 0 spiro atoms. The van der Waals surface area contributed by atoms with Gasteiger partial charge >= 0.3 is 5.97 Å². The number of aryl methyl sites for hydroxylation is 1. The number of esters is 1. The van der Waals surface area contributed by atoms with Gasteiger partial charge < -0.3 is 9.47 Å². The molecule has 2 aromatic carbocycles. The molecule has 0 fully saturated rings. The van der Waals surface area contributed by atoms with Crippen LogP contribution in [0.15, 0.2) is 66.7 Å². The summed E-state index contributed by atoms with van der Waals surface area (Å²) >= 11 is 5.88. The van der Waals surface area contributed by atoms with Gasteiger partial charge in [0.1, 0.15) is 17.3 Å². The van der Waals surface area contributed by atoms with Gasteiger partial charge in [0, 0.05) is 12.0 Å². The highest BCUT2D eigenvalue weighted by molar-refractivity contribution is 6.29. The molecule has 9 heteroatoms. The molecule has 0 aliphatic heterocycles. The maximum Gasteiger partial charge on any atom is 0.311 e. The minimum Gasteiger partial charge on any atom is -0.494 e. The first kappa shape index (κ1) is 27.3. The summed E-state index contributed by atoms with van der Waals surface area (Å²) in [6.45, 7) is 2.87. The molecular weight excluding hydrogens is 507 g/mol. The number of aromatic nitrogens is 4. The second-order valence-electron chi connectivity index (χ2n) is 8.86. The largest absolute Gasteiger partial charge is 0.494 e. The van der Waals surface area contributed by atoms with Crippen LogP contribution < -0.4 is 9.47 Å². The standard InChI is InChI=1S/C29H30ClFN4O3/c1-2-3-4-5-6-19-37-24-12-14-25(15-13-24)38-29(36)18-11-23-20-26(21-7-9-22(31)10-8-21)35(34-23)28-17-16-27(30)32-33-28/h7-10,12-17,20H,2-6,11,18-19H2,1H3. The number of benzene rings is 2. The maximum atomic E-state index is 13.5. The van der Waals surface area contributed by atoms with Gasteiger partial charge in [-0.3, -0.25) is 4.79 Å². The van der Waals surface area contributed by atoms with Gasteiger partial charge in [-0.15, -0.1) is 10.2 Å². The summed E-state index contributed by atoms with van der Waals surface area (Å²) in [5, 5.41) is 12.8. The SMILES string of the molecule is CCCCCCCOc1ccc(OC(=O)CCc2cc(-c3ccc(F)cc3)n(-c3ccc(Cl)nn3)n2)cc1. The summed E-state index contributed by atoms with van der Waals surface area (Å²) in [6.07, 6.45) is 6.38. The maximum absolute atomic E-state index is 13.5. The van der Waals surface area contributed by atoms with Crippen molar-refractivity contribution in [3.63, 3.8) is 0 Å². The van der Waals surface area contributed by atoms with E-state index in [1.165, 1.54) is 37.8 Å². The number of ether oxygens (including phenoxy) is 2. The van der Waals surface area contributed by atoms with Crippen molar-refractivity contribution >= 4 is 17.6 Å². The van der Waals surface area contributed by atoms with E-state index in [9.17, 15) is 9.18 Å². The number of nitrogens with zero attached hydrogens (tertiary/aromatic N) is 4. The average molecular weight is 537 g/mol. The van der Waals surface area contributed by atoms with Gasteiger partial charge in [0.25, 0.3) is 0 Å². The second kappa shape index (κ2) is 13.7. The Balaban J connectivity index is 1.35. The highest BCUT2D eigenvalue weighted by atomic mass is 35.5. The van der Waals surface area contributed by atoms with Crippen molar-refractivity contribution in [1.82, 2.24) is 20.0 Å². The first-order valence-electron chi connectivity index (χ1n) is 12.8. The average Bonchev–Trinajstić information content (AvgIpc) is 3.35. The summed E-state index contributed by atoms with van der Waals surface area (Å²) in [5.41, 5.74) is 2.08. The zero-order valence-electron chi connectivity index (χ0n) is 21.3. The van der Waals surface area contributed by atoms with Crippen LogP contribution in [0.2, 0.25) is 5.15 Å². The zero-order chi connectivity index (χ0) is 26.7. The summed E-state index contributed by atoms with van der Waals surface area (Å²) in [7, 11) is 0. The summed E-state index contributed by atoms with van der Waals surface area (Å²) in [5.74, 6) is 0.948. The quantitative estimate of drug-likeness (QED) is 0.104. The molecule has 0 atom stereocenters. The molecule has 198 valence electrons. The lowest BCUT2D eigenvalue weighted by molar-refractivity contribution is -0.134. The normalized spacial score (nSPS) is 10.9. The van der Waals surface area contributed by atoms with Gasteiger partial charge in [-0.05, 0) is 73.2 Å². The van der Waals surface area contributed by atoms with E-state index < -0.39 is 0 Å². The van der Waals surface area contributed by atoms with Crippen LogP contribution in [0.5, 0.6) is 11.5 Å². The van der Waals surface area contributed by atoms with Gasteiger partial charge in [0.15, 0.2) is 11.0 Å². The first-order valence-corrected chi connectivity index (χ1v) is 13.2. The first-order chi connectivity index (χ1) is 18.5. The Morgan fingerprint density at radius 2 is 1.66 bits per heavy atom. The molecule has 7 nitrogen and oxygen atoms in total. The number of hydrogen-bond donors (Lipinski definition) is 0. The minimum atomic E-state index is -0.376. The molecule has 4 rings (SSSR count). The topological polar surface area (TPSA) is 79.1 Å². The fraction of sp³-hybridized carbons (Fsp3) is 0.310. The second-order valence-corrected chi connectivity index (χ2v) is 9.25. The van der Waals surface area contributed by atoms with Crippen LogP contribution in [0.25, 0.3) is 17.1 Å². The van der Waals surface area contributed by atoms with Crippen LogP contribution >= 0.6 is 11.6 Å². The highest BCUT2D eigenvalue weighted by Crippen LogP contribution is 2.25. The van der Waals surface area contributed by atoms with Crippen LogP contribution in [0.3, 0.4) is 0 Å². The van der Waals surface area contributed by atoms with E-state index in [-0.39, 0.29) is 23.4 Å². The molecule has 2 aromatic heterocycles. The zero-order valence-corrected chi connectivity index (χ0v) is 22.0. The van der Waals surface area contributed by atoms with Gasteiger partial charge in [-0.1, -0.05) is 44.2 Å². The smallest absolute Gasteiger partial charge is 0.311 e. The Morgan fingerprint density at radius 3 is 2.37 bits per heavy atom.